The second-order valence-electron chi connectivity index (χ2n) is 8.26. The van der Waals surface area contributed by atoms with Crippen LogP contribution in [0.5, 0.6) is 0 Å². The molecule has 0 radical (unpaired) electrons. The molecule has 0 aliphatic carbocycles. The molecule has 2 aliphatic heterocycles. The summed E-state index contributed by atoms with van der Waals surface area (Å²) >= 11 is 0. The van der Waals surface area contributed by atoms with Gasteiger partial charge in [-0.3, -0.25) is 14.5 Å². The summed E-state index contributed by atoms with van der Waals surface area (Å²) in [6, 6.07) is 9.85. The summed E-state index contributed by atoms with van der Waals surface area (Å²) in [4.78, 5) is 31.6. The summed E-state index contributed by atoms with van der Waals surface area (Å²) < 4.78 is 0. The van der Waals surface area contributed by atoms with Gasteiger partial charge in [0.25, 0.3) is 0 Å². The van der Waals surface area contributed by atoms with E-state index in [-0.39, 0.29) is 23.8 Å². The highest BCUT2D eigenvalue weighted by atomic mass is 16.2. The smallest absolute Gasteiger partial charge is 0.236 e. The van der Waals surface area contributed by atoms with Gasteiger partial charge in [0.05, 0.1) is 12.5 Å². The van der Waals surface area contributed by atoms with Crippen LogP contribution >= 0.6 is 0 Å². The van der Waals surface area contributed by atoms with Crippen molar-refractivity contribution in [3.63, 3.8) is 0 Å². The van der Waals surface area contributed by atoms with Crippen LogP contribution in [0.2, 0.25) is 0 Å². The molecular formula is C22H34N4O2. The van der Waals surface area contributed by atoms with Crippen LogP contribution in [0.3, 0.4) is 0 Å². The highest BCUT2D eigenvalue weighted by Crippen LogP contribution is 2.22. The molecule has 3 rings (SSSR count). The zero-order valence-electron chi connectivity index (χ0n) is 17.2. The van der Waals surface area contributed by atoms with Crippen LogP contribution in [-0.4, -0.2) is 71.8 Å². The fraction of sp³-hybridized carbons (Fsp3) is 0.636. The Bertz CT molecular complexity index is 658. The summed E-state index contributed by atoms with van der Waals surface area (Å²) in [6.45, 7) is 8.21. The number of rotatable bonds is 5. The number of likely N-dealkylation sites (tertiary alicyclic amines) is 1. The summed E-state index contributed by atoms with van der Waals surface area (Å²) in [6.07, 6.45) is 3.43. The van der Waals surface area contributed by atoms with E-state index in [4.69, 9.17) is 5.73 Å². The normalized spacial score (nSPS) is 23.3. The molecule has 28 heavy (non-hydrogen) atoms. The molecule has 3 unspecified atom stereocenters. The molecule has 2 aliphatic rings. The van der Waals surface area contributed by atoms with Crippen molar-refractivity contribution in [2.75, 3.05) is 39.3 Å². The second-order valence-corrected chi connectivity index (χ2v) is 8.26. The molecule has 1 aromatic rings. The van der Waals surface area contributed by atoms with Crippen molar-refractivity contribution in [1.82, 2.24) is 14.7 Å². The molecule has 2 saturated heterocycles. The fourth-order valence-corrected chi connectivity index (χ4v) is 4.28. The number of benzene rings is 1. The molecule has 6 heteroatoms. The fourth-order valence-electron chi connectivity index (χ4n) is 4.28. The van der Waals surface area contributed by atoms with Crippen molar-refractivity contribution in [2.24, 2.45) is 11.7 Å². The SMILES string of the molecule is CC(C(=O)N1CCN(CC(=O)N2CCCCC2C)CC1)C(N)c1ccccc1. The van der Waals surface area contributed by atoms with Crippen LogP contribution < -0.4 is 5.73 Å². The van der Waals surface area contributed by atoms with E-state index in [9.17, 15) is 9.59 Å². The first-order valence-electron chi connectivity index (χ1n) is 10.6. The molecule has 0 saturated carbocycles. The van der Waals surface area contributed by atoms with E-state index in [0.29, 0.717) is 25.7 Å². The van der Waals surface area contributed by atoms with Gasteiger partial charge in [-0.2, -0.15) is 0 Å². The lowest BCUT2D eigenvalue weighted by Crippen LogP contribution is -2.54. The monoisotopic (exact) mass is 386 g/mol. The van der Waals surface area contributed by atoms with E-state index in [1.54, 1.807) is 0 Å². The van der Waals surface area contributed by atoms with Crippen molar-refractivity contribution in [3.05, 3.63) is 35.9 Å². The highest BCUT2D eigenvalue weighted by molar-refractivity contribution is 5.80. The van der Waals surface area contributed by atoms with Crippen molar-refractivity contribution in [3.8, 4) is 0 Å². The predicted molar refractivity (Wildman–Crippen MR) is 111 cm³/mol. The van der Waals surface area contributed by atoms with Gasteiger partial charge < -0.3 is 15.5 Å². The highest BCUT2D eigenvalue weighted by Gasteiger charge is 2.30. The Kier molecular flexibility index (Phi) is 7.08. The number of nitrogens with two attached hydrogens (primary N) is 1. The Balaban J connectivity index is 1.48. The zero-order chi connectivity index (χ0) is 20.1. The number of hydrogen-bond donors (Lipinski definition) is 1. The Morgan fingerprint density at radius 2 is 1.75 bits per heavy atom. The first-order valence-corrected chi connectivity index (χ1v) is 10.6. The maximum absolute atomic E-state index is 12.9. The third kappa shape index (κ3) is 4.92. The Labute approximate surface area is 168 Å². The van der Waals surface area contributed by atoms with Gasteiger partial charge in [0.15, 0.2) is 0 Å². The Morgan fingerprint density at radius 1 is 1.07 bits per heavy atom. The van der Waals surface area contributed by atoms with Crippen molar-refractivity contribution >= 4 is 11.8 Å². The van der Waals surface area contributed by atoms with E-state index in [0.717, 1.165) is 38.0 Å². The molecular weight excluding hydrogens is 352 g/mol. The van der Waals surface area contributed by atoms with E-state index < -0.39 is 0 Å². The number of piperidine rings is 1. The average Bonchev–Trinajstić information content (AvgIpc) is 2.73. The molecule has 6 nitrogen and oxygen atoms in total. The van der Waals surface area contributed by atoms with Gasteiger partial charge in [0.2, 0.25) is 11.8 Å². The molecule has 2 fully saturated rings. The van der Waals surface area contributed by atoms with E-state index in [1.807, 2.05) is 47.1 Å². The summed E-state index contributed by atoms with van der Waals surface area (Å²) in [5.41, 5.74) is 7.32. The third-order valence-electron chi connectivity index (χ3n) is 6.28. The van der Waals surface area contributed by atoms with Crippen LogP contribution in [0, 0.1) is 5.92 Å². The van der Waals surface area contributed by atoms with Crippen LogP contribution in [0.15, 0.2) is 30.3 Å². The van der Waals surface area contributed by atoms with Gasteiger partial charge in [-0.05, 0) is 31.7 Å². The van der Waals surface area contributed by atoms with Crippen molar-refractivity contribution < 1.29 is 9.59 Å². The van der Waals surface area contributed by atoms with Gasteiger partial charge in [-0.25, -0.2) is 0 Å². The molecule has 3 atom stereocenters. The van der Waals surface area contributed by atoms with Crippen LogP contribution in [0.4, 0.5) is 0 Å². The first kappa shape index (κ1) is 20.8. The minimum Gasteiger partial charge on any atom is -0.340 e. The second kappa shape index (κ2) is 9.52. The van der Waals surface area contributed by atoms with Crippen LogP contribution in [0.1, 0.15) is 44.7 Å². The minimum atomic E-state index is -0.297. The number of amides is 2. The molecule has 2 heterocycles. The van der Waals surface area contributed by atoms with Crippen LogP contribution in [-0.2, 0) is 9.59 Å². The summed E-state index contributed by atoms with van der Waals surface area (Å²) in [7, 11) is 0. The molecule has 0 bridgehead atoms. The largest absolute Gasteiger partial charge is 0.340 e. The topological polar surface area (TPSA) is 69.9 Å². The lowest BCUT2D eigenvalue weighted by atomic mass is 9.94. The van der Waals surface area contributed by atoms with E-state index >= 15 is 0 Å². The lowest BCUT2D eigenvalue weighted by Gasteiger charge is -2.39. The molecule has 0 spiro atoms. The van der Waals surface area contributed by atoms with Gasteiger partial charge >= 0.3 is 0 Å². The van der Waals surface area contributed by atoms with E-state index in [2.05, 4.69) is 11.8 Å². The number of carbonyl (C=O) groups is 2. The summed E-state index contributed by atoms with van der Waals surface area (Å²) in [5, 5.41) is 0. The number of piperazine rings is 1. The quantitative estimate of drug-likeness (QED) is 0.839. The molecule has 2 amide bonds. The molecule has 2 N–H and O–H groups in total. The Morgan fingerprint density at radius 3 is 2.39 bits per heavy atom. The predicted octanol–water partition coefficient (Wildman–Crippen LogP) is 1.87. The van der Waals surface area contributed by atoms with Gasteiger partial charge in [0.1, 0.15) is 0 Å². The number of nitrogens with zero attached hydrogens (tertiary/aromatic N) is 3. The maximum Gasteiger partial charge on any atom is 0.236 e. The minimum absolute atomic E-state index is 0.104. The molecule has 154 valence electrons. The van der Waals surface area contributed by atoms with Crippen molar-refractivity contribution in [2.45, 2.75) is 45.2 Å². The Hall–Kier alpha value is -1.92. The molecule has 0 aromatic heterocycles. The average molecular weight is 387 g/mol. The molecule has 1 aromatic carbocycles. The lowest BCUT2D eigenvalue weighted by molar-refractivity contribution is -0.139. The summed E-state index contributed by atoms with van der Waals surface area (Å²) in [5.74, 6) is 0.0724. The van der Waals surface area contributed by atoms with Crippen molar-refractivity contribution in [1.29, 1.82) is 0 Å². The van der Waals surface area contributed by atoms with Gasteiger partial charge in [-0.1, -0.05) is 37.3 Å². The maximum atomic E-state index is 12.9. The van der Waals surface area contributed by atoms with Crippen LogP contribution in [0.25, 0.3) is 0 Å². The standard InChI is InChI=1S/C22H34N4O2/c1-17-8-6-7-11-26(17)20(27)16-24-12-14-25(15-13-24)22(28)18(2)21(23)19-9-4-3-5-10-19/h3-5,9-10,17-18,21H,6-8,11-16,23H2,1-2H3. The van der Waals surface area contributed by atoms with Gasteiger partial charge in [-0.15, -0.1) is 0 Å². The third-order valence-corrected chi connectivity index (χ3v) is 6.28. The van der Waals surface area contributed by atoms with E-state index in [1.165, 1.54) is 6.42 Å². The number of hydrogen-bond acceptors (Lipinski definition) is 4. The first-order chi connectivity index (χ1) is 13.5. The zero-order valence-corrected chi connectivity index (χ0v) is 17.2. The van der Waals surface area contributed by atoms with Gasteiger partial charge in [0, 0.05) is 44.8 Å². The number of carbonyl (C=O) groups excluding carboxylic acids is 2.